The van der Waals surface area contributed by atoms with Crippen molar-refractivity contribution in [1.29, 1.82) is 0 Å². The highest BCUT2D eigenvalue weighted by molar-refractivity contribution is 5.89. The van der Waals surface area contributed by atoms with Gasteiger partial charge >= 0.3 is 0 Å². The van der Waals surface area contributed by atoms with Gasteiger partial charge in [-0.3, -0.25) is 4.79 Å². The van der Waals surface area contributed by atoms with Gasteiger partial charge in [-0.15, -0.1) is 0 Å². The number of carbonyl (C=O) groups excluding carboxylic acids is 1. The Morgan fingerprint density at radius 2 is 2.00 bits per heavy atom. The zero-order valence-electron chi connectivity index (χ0n) is 6.49. The molecule has 0 saturated carbocycles. The smallest absolute Gasteiger partial charge is 0.169 e. The molecule has 2 aliphatic rings. The van der Waals surface area contributed by atoms with Crippen LogP contribution in [0, 0.1) is 0 Å². The fourth-order valence-electron chi connectivity index (χ4n) is 2.05. The van der Waals surface area contributed by atoms with E-state index in [0.717, 1.165) is 5.56 Å². The molecule has 12 heavy (non-hydrogen) atoms. The minimum Gasteiger partial charge on any atom is -0.357 e. The minimum atomic E-state index is -0.244. The Hall–Kier alpha value is -1.15. The molecule has 0 N–H and O–H groups in total. The molecular weight excluding hydrogens is 152 g/mol. The van der Waals surface area contributed by atoms with Crippen molar-refractivity contribution >= 4 is 5.78 Å². The summed E-state index contributed by atoms with van der Waals surface area (Å²) in [5, 5.41) is 0. The van der Waals surface area contributed by atoms with Gasteiger partial charge in [0.15, 0.2) is 5.78 Å². The van der Waals surface area contributed by atoms with E-state index in [9.17, 15) is 4.79 Å². The minimum absolute atomic E-state index is 0.0544. The lowest BCUT2D eigenvalue weighted by Crippen LogP contribution is -2.08. The van der Waals surface area contributed by atoms with Crippen LogP contribution in [0.1, 0.15) is 29.8 Å². The van der Waals surface area contributed by atoms with Crippen molar-refractivity contribution in [2.75, 3.05) is 0 Å². The second kappa shape index (κ2) is 1.96. The zero-order chi connectivity index (χ0) is 8.13. The van der Waals surface area contributed by atoms with Crippen molar-refractivity contribution in [3.05, 3.63) is 35.4 Å². The molecule has 0 amide bonds. The first-order chi connectivity index (χ1) is 5.86. The van der Waals surface area contributed by atoms with Crippen LogP contribution in [0.2, 0.25) is 0 Å². The van der Waals surface area contributed by atoms with Crippen molar-refractivity contribution in [3.8, 4) is 0 Å². The molecule has 1 saturated heterocycles. The van der Waals surface area contributed by atoms with Crippen LogP contribution in [0.5, 0.6) is 0 Å². The van der Waals surface area contributed by atoms with E-state index in [4.69, 9.17) is 4.74 Å². The second-order valence-electron chi connectivity index (χ2n) is 3.30. The summed E-state index contributed by atoms with van der Waals surface area (Å²) in [5.74, 6) is 0.235. The van der Waals surface area contributed by atoms with Crippen molar-refractivity contribution in [1.82, 2.24) is 0 Å². The van der Waals surface area contributed by atoms with Crippen molar-refractivity contribution in [3.63, 3.8) is 0 Å². The van der Waals surface area contributed by atoms with E-state index in [2.05, 4.69) is 0 Å². The quantitative estimate of drug-likeness (QED) is 0.578. The summed E-state index contributed by atoms with van der Waals surface area (Å²) in [6, 6.07) is 7.98. The second-order valence-corrected chi connectivity index (χ2v) is 3.30. The monoisotopic (exact) mass is 160 g/mol. The van der Waals surface area contributed by atoms with Crippen LogP contribution in [0.25, 0.3) is 0 Å². The molecule has 3 rings (SSSR count). The number of rotatable bonds is 0. The summed E-state index contributed by atoms with van der Waals surface area (Å²) >= 11 is 0. The Balaban J connectivity index is 2.23. The van der Waals surface area contributed by atoms with Crippen LogP contribution >= 0.6 is 0 Å². The SMILES string of the molecule is O=C1C[C@H]2O[C@@H]1c1ccccc12. The zero-order valence-corrected chi connectivity index (χ0v) is 6.49. The Morgan fingerprint density at radius 1 is 1.25 bits per heavy atom. The lowest BCUT2D eigenvalue weighted by Gasteiger charge is -2.08. The molecule has 60 valence electrons. The maximum Gasteiger partial charge on any atom is 0.169 e. The molecule has 0 aromatic heterocycles. The third-order valence-corrected chi connectivity index (χ3v) is 2.60. The van der Waals surface area contributed by atoms with Gasteiger partial charge in [0.2, 0.25) is 0 Å². The van der Waals surface area contributed by atoms with Crippen LogP contribution in [0.15, 0.2) is 24.3 Å². The molecule has 1 fully saturated rings. The van der Waals surface area contributed by atoms with E-state index in [1.807, 2.05) is 24.3 Å². The van der Waals surface area contributed by atoms with Gasteiger partial charge in [0.25, 0.3) is 0 Å². The highest BCUT2D eigenvalue weighted by atomic mass is 16.5. The summed E-state index contributed by atoms with van der Waals surface area (Å²) < 4.78 is 5.51. The van der Waals surface area contributed by atoms with Crippen molar-refractivity contribution in [2.24, 2.45) is 0 Å². The van der Waals surface area contributed by atoms with Gasteiger partial charge in [0, 0.05) is 6.42 Å². The van der Waals surface area contributed by atoms with Crippen LogP contribution < -0.4 is 0 Å². The van der Waals surface area contributed by atoms with Gasteiger partial charge in [-0.1, -0.05) is 24.3 Å². The average molecular weight is 160 g/mol. The molecule has 1 aromatic rings. The lowest BCUT2D eigenvalue weighted by molar-refractivity contribution is -0.122. The maximum absolute atomic E-state index is 11.3. The van der Waals surface area contributed by atoms with Gasteiger partial charge in [-0.2, -0.15) is 0 Å². The number of ketones is 1. The normalized spacial score (nSPS) is 30.8. The fraction of sp³-hybridized carbons (Fsp3) is 0.300. The van der Waals surface area contributed by atoms with Gasteiger partial charge in [0.05, 0.1) is 6.10 Å². The summed E-state index contributed by atoms with van der Waals surface area (Å²) in [4.78, 5) is 11.3. The number of Topliss-reactive ketones (excluding diaryl/α,β-unsaturated/α-hetero) is 1. The van der Waals surface area contributed by atoms with E-state index in [1.54, 1.807) is 0 Å². The molecule has 1 aromatic carbocycles. The van der Waals surface area contributed by atoms with E-state index in [1.165, 1.54) is 5.56 Å². The molecule has 2 bridgehead atoms. The molecule has 2 aliphatic heterocycles. The van der Waals surface area contributed by atoms with Crippen molar-refractivity contribution < 1.29 is 9.53 Å². The third-order valence-electron chi connectivity index (χ3n) is 2.60. The highest BCUT2D eigenvalue weighted by Crippen LogP contribution is 2.47. The Bertz CT molecular complexity index is 357. The predicted molar refractivity (Wildman–Crippen MR) is 42.6 cm³/mol. The van der Waals surface area contributed by atoms with E-state index >= 15 is 0 Å². The van der Waals surface area contributed by atoms with Gasteiger partial charge in [-0.05, 0) is 11.1 Å². The first kappa shape index (κ1) is 6.38. The highest BCUT2D eigenvalue weighted by Gasteiger charge is 2.43. The lowest BCUT2D eigenvalue weighted by atomic mass is 9.91. The number of ether oxygens (including phenoxy) is 1. The largest absolute Gasteiger partial charge is 0.357 e. The third kappa shape index (κ3) is 0.612. The van der Waals surface area contributed by atoms with Crippen molar-refractivity contribution in [2.45, 2.75) is 18.6 Å². The summed E-state index contributed by atoms with van der Waals surface area (Å²) in [7, 11) is 0. The first-order valence-electron chi connectivity index (χ1n) is 4.13. The van der Waals surface area contributed by atoms with Gasteiger partial charge < -0.3 is 4.74 Å². The molecular formula is C10H8O2. The van der Waals surface area contributed by atoms with Gasteiger partial charge in [0.1, 0.15) is 6.10 Å². The maximum atomic E-state index is 11.3. The first-order valence-corrected chi connectivity index (χ1v) is 4.13. The summed E-state index contributed by atoms with van der Waals surface area (Å²) in [6.45, 7) is 0. The fourth-order valence-corrected chi connectivity index (χ4v) is 2.05. The average Bonchev–Trinajstić information content (AvgIpc) is 2.62. The number of hydrogen-bond acceptors (Lipinski definition) is 2. The number of carbonyl (C=O) groups is 1. The van der Waals surface area contributed by atoms with E-state index in [0.29, 0.717) is 6.42 Å². The summed E-state index contributed by atoms with van der Waals surface area (Å²) in [6.07, 6.45) is 0.381. The molecule has 2 nitrogen and oxygen atoms in total. The Morgan fingerprint density at radius 3 is 2.83 bits per heavy atom. The van der Waals surface area contributed by atoms with Crippen LogP contribution in [-0.2, 0) is 9.53 Å². The van der Waals surface area contributed by atoms with E-state index in [-0.39, 0.29) is 18.0 Å². The number of benzene rings is 1. The van der Waals surface area contributed by atoms with E-state index < -0.39 is 0 Å². The molecule has 2 heteroatoms. The molecule has 2 atom stereocenters. The molecule has 0 spiro atoms. The molecule has 0 radical (unpaired) electrons. The van der Waals surface area contributed by atoms with Crippen LogP contribution in [-0.4, -0.2) is 5.78 Å². The summed E-state index contributed by atoms with van der Waals surface area (Å²) in [5.41, 5.74) is 2.29. The number of fused-ring (bicyclic) bond motifs is 5. The topological polar surface area (TPSA) is 26.3 Å². The number of hydrogen-bond donors (Lipinski definition) is 0. The van der Waals surface area contributed by atoms with Crippen LogP contribution in [0.4, 0.5) is 0 Å². The molecule has 0 aliphatic carbocycles. The predicted octanol–water partition coefficient (Wildman–Crippen LogP) is 1.77. The Kier molecular flexibility index (Phi) is 1.04. The molecule has 0 unspecified atom stereocenters. The molecule has 2 heterocycles. The van der Waals surface area contributed by atoms with Crippen LogP contribution in [0.3, 0.4) is 0 Å². The van der Waals surface area contributed by atoms with Gasteiger partial charge in [-0.25, -0.2) is 0 Å². The standard InChI is InChI=1S/C10H8O2/c11-8-5-9-6-3-1-2-4-7(6)10(8)12-9/h1-4,9-10H,5H2/t9-,10-/m1/s1. The Labute approximate surface area is 70.2 Å².